The molecule has 0 unspecified atom stereocenters. The van der Waals surface area contributed by atoms with Gasteiger partial charge in [-0.05, 0) is 25.2 Å². The van der Waals surface area contributed by atoms with Crippen molar-refractivity contribution in [3.8, 4) is 0 Å². The number of rotatable bonds is 2. The molecule has 3 aromatic rings. The number of fused-ring (bicyclic) bond motifs is 1. The highest BCUT2D eigenvalue weighted by Gasteiger charge is 2.10. The van der Waals surface area contributed by atoms with Crippen LogP contribution in [0.25, 0.3) is 11.0 Å². The molecule has 0 aliphatic heterocycles. The zero-order valence-corrected chi connectivity index (χ0v) is 12.3. The maximum absolute atomic E-state index is 13.6. The number of aryl methyl sites for hydroxylation is 1. The van der Waals surface area contributed by atoms with E-state index in [1.54, 1.807) is 17.4 Å². The minimum atomic E-state index is -0.452. The van der Waals surface area contributed by atoms with Gasteiger partial charge >= 0.3 is 0 Å². The highest BCUT2D eigenvalue weighted by atomic mass is 35.5. The molecule has 3 rings (SSSR count). The molecule has 0 spiro atoms. The molecule has 0 aliphatic rings. The van der Waals surface area contributed by atoms with Crippen LogP contribution in [-0.4, -0.2) is 14.5 Å². The molecule has 0 aliphatic carbocycles. The monoisotopic (exact) mass is 313 g/mol. The van der Waals surface area contributed by atoms with Gasteiger partial charge in [-0.3, -0.25) is 0 Å². The number of hydrogen-bond donors (Lipinski definition) is 1. The zero-order valence-electron chi connectivity index (χ0n) is 9.91. The lowest BCUT2D eigenvalue weighted by Crippen LogP contribution is -1.99. The van der Waals surface area contributed by atoms with Crippen LogP contribution in [0.2, 0.25) is 5.02 Å². The minimum absolute atomic E-state index is 0.0843. The van der Waals surface area contributed by atoms with E-state index >= 15 is 0 Å². The van der Waals surface area contributed by atoms with Crippen LogP contribution in [0.3, 0.4) is 0 Å². The number of aromatic amines is 1. The number of imidazole rings is 1. The second kappa shape index (κ2) is 4.70. The molecule has 0 saturated carbocycles. The van der Waals surface area contributed by atoms with Gasteiger partial charge in [-0.1, -0.05) is 11.6 Å². The summed E-state index contributed by atoms with van der Waals surface area (Å²) in [4.78, 5) is 8.46. The van der Waals surface area contributed by atoms with Gasteiger partial charge in [0.25, 0.3) is 0 Å². The number of thiazole rings is 1. The Balaban J connectivity index is 2.15. The Kier molecular flexibility index (Phi) is 3.16. The van der Waals surface area contributed by atoms with Gasteiger partial charge in [0.15, 0.2) is 4.77 Å². The van der Waals surface area contributed by atoms with Crippen molar-refractivity contribution in [2.45, 2.75) is 13.5 Å². The standard InChI is InChI=1S/C12H9ClFN3S2/c1-6-4-15-11(19-6)5-17-10-3-8(14)7(13)2-9(10)16-12(17)18/h2-4H,5H2,1H3,(H,16,18). The number of H-pyrrole nitrogens is 1. The van der Waals surface area contributed by atoms with E-state index in [1.807, 2.05) is 17.7 Å². The SMILES string of the molecule is Cc1cnc(Cn2c(=S)[nH]c3cc(Cl)c(F)cc32)s1. The fourth-order valence-corrected chi connectivity index (χ4v) is 3.13. The van der Waals surface area contributed by atoms with E-state index in [0.717, 1.165) is 15.4 Å². The zero-order chi connectivity index (χ0) is 13.6. The smallest absolute Gasteiger partial charge is 0.178 e. The van der Waals surface area contributed by atoms with E-state index < -0.39 is 5.82 Å². The van der Waals surface area contributed by atoms with Gasteiger partial charge in [-0.25, -0.2) is 9.37 Å². The average Bonchev–Trinajstić information content (AvgIpc) is 2.87. The number of benzene rings is 1. The molecular weight excluding hydrogens is 305 g/mol. The molecule has 1 N–H and O–H groups in total. The van der Waals surface area contributed by atoms with Crippen LogP contribution in [0.15, 0.2) is 18.3 Å². The van der Waals surface area contributed by atoms with Gasteiger partial charge in [-0.15, -0.1) is 11.3 Å². The third-order valence-electron chi connectivity index (χ3n) is 2.78. The molecule has 2 heterocycles. The first kappa shape index (κ1) is 12.8. The van der Waals surface area contributed by atoms with Crippen LogP contribution in [0.1, 0.15) is 9.88 Å². The number of aromatic nitrogens is 3. The Morgan fingerprint density at radius 2 is 2.32 bits per heavy atom. The summed E-state index contributed by atoms with van der Waals surface area (Å²) in [5.41, 5.74) is 1.42. The highest BCUT2D eigenvalue weighted by Crippen LogP contribution is 2.24. The summed E-state index contributed by atoms with van der Waals surface area (Å²) in [5.74, 6) is -0.452. The Labute approximate surface area is 122 Å². The first-order valence-electron chi connectivity index (χ1n) is 5.53. The highest BCUT2D eigenvalue weighted by molar-refractivity contribution is 7.71. The Bertz CT molecular complexity index is 818. The van der Waals surface area contributed by atoms with Crippen molar-refractivity contribution < 1.29 is 4.39 Å². The van der Waals surface area contributed by atoms with Crippen molar-refractivity contribution in [2.24, 2.45) is 0 Å². The van der Waals surface area contributed by atoms with E-state index in [-0.39, 0.29) is 5.02 Å². The van der Waals surface area contributed by atoms with Crippen molar-refractivity contribution in [1.29, 1.82) is 0 Å². The number of halogens is 2. The van der Waals surface area contributed by atoms with Crippen LogP contribution in [-0.2, 0) is 6.54 Å². The fraction of sp³-hybridized carbons (Fsp3) is 0.167. The van der Waals surface area contributed by atoms with Gasteiger partial charge < -0.3 is 9.55 Å². The third-order valence-corrected chi connectivity index (χ3v) is 4.29. The number of nitrogens with one attached hydrogen (secondary N) is 1. The molecule has 0 atom stereocenters. The van der Waals surface area contributed by atoms with Gasteiger partial charge in [0.2, 0.25) is 0 Å². The van der Waals surface area contributed by atoms with E-state index in [1.165, 1.54) is 6.07 Å². The van der Waals surface area contributed by atoms with E-state index in [9.17, 15) is 4.39 Å². The second-order valence-corrected chi connectivity index (χ2v) is 6.28. The topological polar surface area (TPSA) is 33.6 Å². The van der Waals surface area contributed by atoms with Gasteiger partial charge in [-0.2, -0.15) is 0 Å². The summed E-state index contributed by atoms with van der Waals surface area (Å²) in [6, 6.07) is 2.94. The van der Waals surface area contributed by atoms with Crippen molar-refractivity contribution in [3.63, 3.8) is 0 Å². The lowest BCUT2D eigenvalue weighted by atomic mass is 10.3. The van der Waals surface area contributed by atoms with Crippen LogP contribution in [0.5, 0.6) is 0 Å². The predicted octanol–water partition coefficient (Wildman–Crippen LogP) is 4.30. The van der Waals surface area contributed by atoms with E-state index in [4.69, 9.17) is 23.8 Å². The van der Waals surface area contributed by atoms with Crippen molar-refractivity contribution in [1.82, 2.24) is 14.5 Å². The summed E-state index contributed by atoms with van der Waals surface area (Å²) < 4.78 is 15.9. The lowest BCUT2D eigenvalue weighted by Gasteiger charge is -2.02. The molecule has 0 fully saturated rings. The van der Waals surface area contributed by atoms with E-state index in [0.29, 0.717) is 16.8 Å². The van der Waals surface area contributed by atoms with Crippen LogP contribution in [0.4, 0.5) is 4.39 Å². The van der Waals surface area contributed by atoms with Crippen LogP contribution in [0, 0.1) is 17.5 Å². The molecule has 7 heteroatoms. The average molecular weight is 314 g/mol. The quantitative estimate of drug-likeness (QED) is 0.715. The predicted molar refractivity (Wildman–Crippen MR) is 78.0 cm³/mol. The van der Waals surface area contributed by atoms with Gasteiger partial charge in [0.05, 0.1) is 22.6 Å². The second-order valence-electron chi connectivity index (χ2n) is 4.16. The maximum atomic E-state index is 13.6. The fourth-order valence-electron chi connectivity index (χ4n) is 1.92. The third kappa shape index (κ3) is 2.31. The summed E-state index contributed by atoms with van der Waals surface area (Å²) in [7, 11) is 0. The first-order chi connectivity index (χ1) is 9.04. The maximum Gasteiger partial charge on any atom is 0.178 e. The van der Waals surface area contributed by atoms with Crippen molar-refractivity contribution >= 4 is 46.2 Å². The van der Waals surface area contributed by atoms with Crippen LogP contribution >= 0.6 is 35.2 Å². The van der Waals surface area contributed by atoms with Crippen molar-refractivity contribution in [2.75, 3.05) is 0 Å². The molecule has 3 nitrogen and oxygen atoms in total. The summed E-state index contributed by atoms with van der Waals surface area (Å²) in [6.07, 6.45) is 1.82. The molecule has 0 bridgehead atoms. The summed E-state index contributed by atoms with van der Waals surface area (Å²) in [5, 5.41) is 1.02. The first-order valence-corrected chi connectivity index (χ1v) is 7.14. The molecule has 1 aromatic carbocycles. The molecule has 98 valence electrons. The van der Waals surface area contributed by atoms with Crippen molar-refractivity contribution in [3.05, 3.63) is 43.8 Å². The molecular formula is C12H9ClFN3S2. The Hall–Kier alpha value is -1.24. The Morgan fingerprint density at radius 1 is 1.53 bits per heavy atom. The molecule has 2 aromatic heterocycles. The molecule has 0 radical (unpaired) electrons. The number of hydrogen-bond acceptors (Lipinski definition) is 3. The lowest BCUT2D eigenvalue weighted by molar-refractivity contribution is 0.628. The summed E-state index contributed by atoms with van der Waals surface area (Å²) in [6.45, 7) is 2.52. The minimum Gasteiger partial charge on any atom is -0.331 e. The largest absolute Gasteiger partial charge is 0.331 e. The Morgan fingerprint density at radius 3 is 3.00 bits per heavy atom. The van der Waals surface area contributed by atoms with E-state index in [2.05, 4.69) is 9.97 Å². The van der Waals surface area contributed by atoms with Crippen LogP contribution < -0.4 is 0 Å². The molecule has 0 saturated heterocycles. The van der Waals surface area contributed by atoms with Gasteiger partial charge in [0, 0.05) is 17.1 Å². The summed E-state index contributed by atoms with van der Waals surface area (Å²) >= 11 is 12.6. The number of nitrogens with zero attached hydrogens (tertiary/aromatic N) is 2. The molecule has 0 amide bonds. The molecule has 19 heavy (non-hydrogen) atoms. The normalized spacial score (nSPS) is 11.3. The van der Waals surface area contributed by atoms with Gasteiger partial charge in [0.1, 0.15) is 10.8 Å².